The second-order valence-corrected chi connectivity index (χ2v) is 6.85. The van der Waals surface area contributed by atoms with E-state index in [-0.39, 0.29) is 36.7 Å². The molecular formula is C21H28ClN3O3. The van der Waals surface area contributed by atoms with Gasteiger partial charge in [-0.15, -0.1) is 12.4 Å². The standard InChI is InChI=1S/C21H27N3O3.ClH/c1-13(2)19(22)21(26)23-12-18(25)24-16-10-5-6-11-17(16)27-20-14(3)8-7-9-15(20)4;/h5-11,13,19H,12,22H2,1-4H3,(H,23,26)(H,24,25);1H/t19-;/m0./s1. The lowest BCUT2D eigenvalue weighted by Gasteiger charge is -2.17. The van der Waals surface area contributed by atoms with Crippen LogP contribution in [0.1, 0.15) is 25.0 Å². The number of rotatable bonds is 7. The first-order valence-corrected chi connectivity index (χ1v) is 8.96. The fourth-order valence-electron chi connectivity index (χ4n) is 2.51. The highest BCUT2D eigenvalue weighted by Crippen LogP contribution is 2.33. The van der Waals surface area contributed by atoms with Crippen molar-refractivity contribution in [2.75, 3.05) is 11.9 Å². The Morgan fingerprint density at radius 3 is 2.25 bits per heavy atom. The number of hydrogen-bond acceptors (Lipinski definition) is 4. The number of nitrogens with one attached hydrogen (secondary N) is 2. The minimum Gasteiger partial charge on any atom is -0.455 e. The van der Waals surface area contributed by atoms with Crippen LogP contribution in [0, 0.1) is 19.8 Å². The number of benzene rings is 2. The molecule has 7 heteroatoms. The van der Waals surface area contributed by atoms with Crippen molar-refractivity contribution >= 4 is 29.9 Å². The molecule has 0 heterocycles. The number of nitrogens with two attached hydrogens (primary N) is 1. The van der Waals surface area contributed by atoms with Crippen molar-refractivity contribution in [2.45, 2.75) is 33.7 Å². The van der Waals surface area contributed by atoms with Gasteiger partial charge >= 0.3 is 0 Å². The van der Waals surface area contributed by atoms with Gasteiger partial charge in [-0.05, 0) is 43.0 Å². The minimum atomic E-state index is -0.641. The fraction of sp³-hybridized carbons (Fsp3) is 0.333. The van der Waals surface area contributed by atoms with Gasteiger partial charge in [0.25, 0.3) is 0 Å². The van der Waals surface area contributed by atoms with Gasteiger partial charge in [0.05, 0.1) is 18.3 Å². The first-order chi connectivity index (χ1) is 12.8. The Labute approximate surface area is 172 Å². The number of aryl methyl sites for hydroxylation is 2. The molecule has 0 aromatic heterocycles. The van der Waals surface area contributed by atoms with Crippen LogP contribution in [-0.4, -0.2) is 24.4 Å². The molecular weight excluding hydrogens is 378 g/mol. The van der Waals surface area contributed by atoms with Crippen molar-refractivity contribution in [2.24, 2.45) is 11.7 Å². The lowest BCUT2D eigenvalue weighted by molar-refractivity contribution is -0.125. The molecule has 2 aromatic rings. The molecule has 2 amide bonds. The van der Waals surface area contributed by atoms with Gasteiger partial charge in [0.1, 0.15) is 5.75 Å². The molecule has 0 saturated carbocycles. The molecule has 0 fully saturated rings. The maximum Gasteiger partial charge on any atom is 0.243 e. The highest BCUT2D eigenvalue weighted by atomic mass is 35.5. The van der Waals surface area contributed by atoms with Gasteiger partial charge in [0, 0.05) is 0 Å². The zero-order valence-corrected chi connectivity index (χ0v) is 17.4. The maximum atomic E-state index is 12.2. The first-order valence-electron chi connectivity index (χ1n) is 8.96. The third-order valence-corrected chi connectivity index (χ3v) is 4.23. The summed E-state index contributed by atoms with van der Waals surface area (Å²) in [4.78, 5) is 24.1. The Balaban J connectivity index is 0.00000392. The Kier molecular flexibility index (Phi) is 8.96. The van der Waals surface area contributed by atoms with Crippen LogP contribution in [0.3, 0.4) is 0 Å². The molecule has 4 N–H and O–H groups in total. The van der Waals surface area contributed by atoms with Crippen LogP contribution in [0.25, 0.3) is 0 Å². The summed E-state index contributed by atoms with van der Waals surface area (Å²) in [6.45, 7) is 7.49. The zero-order chi connectivity index (χ0) is 20.0. The molecule has 6 nitrogen and oxygen atoms in total. The number of ether oxygens (including phenoxy) is 1. The van der Waals surface area contributed by atoms with Crippen LogP contribution < -0.4 is 21.1 Å². The second-order valence-electron chi connectivity index (χ2n) is 6.85. The Bertz CT molecular complexity index is 804. The third kappa shape index (κ3) is 6.25. The van der Waals surface area contributed by atoms with Crippen LogP contribution in [0.4, 0.5) is 5.69 Å². The molecule has 2 rings (SSSR count). The van der Waals surface area contributed by atoms with Gasteiger partial charge in [-0.3, -0.25) is 9.59 Å². The van der Waals surface area contributed by atoms with E-state index in [9.17, 15) is 9.59 Å². The smallest absolute Gasteiger partial charge is 0.243 e. The number of hydrogen-bond donors (Lipinski definition) is 3. The molecule has 0 radical (unpaired) electrons. The van der Waals surface area contributed by atoms with Crippen molar-refractivity contribution in [1.29, 1.82) is 0 Å². The molecule has 0 bridgehead atoms. The van der Waals surface area contributed by atoms with Gasteiger partial charge in [0.2, 0.25) is 11.8 Å². The van der Waals surface area contributed by atoms with E-state index in [0.29, 0.717) is 11.4 Å². The van der Waals surface area contributed by atoms with E-state index in [1.165, 1.54) is 0 Å². The van der Waals surface area contributed by atoms with Crippen molar-refractivity contribution in [3.63, 3.8) is 0 Å². The minimum absolute atomic E-state index is 0. The molecule has 0 saturated heterocycles. The summed E-state index contributed by atoms with van der Waals surface area (Å²) in [5.41, 5.74) is 8.32. The number of para-hydroxylation sites is 3. The van der Waals surface area contributed by atoms with Crippen molar-refractivity contribution in [3.05, 3.63) is 53.6 Å². The van der Waals surface area contributed by atoms with E-state index >= 15 is 0 Å². The molecule has 0 aliphatic carbocycles. The summed E-state index contributed by atoms with van der Waals surface area (Å²) in [5.74, 6) is 0.598. The Morgan fingerprint density at radius 1 is 1.04 bits per heavy atom. The van der Waals surface area contributed by atoms with Crippen LogP contribution in [-0.2, 0) is 9.59 Å². The van der Waals surface area contributed by atoms with Crippen molar-refractivity contribution in [3.8, 4) is 11.5 Å². The van der Waals surface area contributed by atoms with E-state index in [1.54, 1.807) is 18.2 Å². The van der Waals surface area contributed by atoms with Gasteiger partial charge in [0.15, 0.2) is 5.75 Å². The number of amides is 2. The number of carbonyl (C=O) groups is 2. The number of carbonyl (C=O) groups excluding carboxylic acids is 2. The summed E-state index contributed by atoms with van der Waals surface area (Å²) in [5, 5.41) is 5.33. The largest absolute Gasteiger partial charge is 0.455 e. The van der Waals surface area contributed by atoms with E-state index in [0.717, 1.165) is 16.9 Å². The highest BCUT2D eigenvalue weighted by Gasteiger charge is 2.18. The van der Waals surface area contributed by atoms with E-state index in [1.807, 2.05) is 52.0 Å². The normalized spacial score (nSPS) is 11.4. The monoisotopic (exact) mass is 405 g/mol. The molecule has 0 spiro atoms. The van der Waals surface area contributed by atoms with Gasteiger partial charge in [-0.1, -0.05) is 44.2 Å². The lowest BCUT2D eigenvalue weighted by Crippen LogP contribution is -2.46. The zero-order valence-electron chi connectivity index (χ0n) is 16.6. The predicted molar refractivity (Wildman–Crippen MR) is 114 cm³/mol. The molecule has 1 atom stereocenters. The SMILES string of the molecule is Cc1cccc(C)c1Oc1ccccc1NC(=O)CNC(=O)[C@@H](N)C(C)C.Cl. The van der Waals surface area contributed by atoms with E-state index in [4.69, 9.17) is 10.5 Å². The average molecular weight is 406 g/mol. The summed E-state index contributed by atoms with van der Waals surface area (Å²) < 4.78 is 6.05. The Hall–Kier alpha value is -2.57. The third-order valence-electron chi connectivity index (χ3n) is 4.23. The quantitative estimate of drug-likeness (QED) is 0.656. The predicted octanol–water partition coefficient (Wildman–Crippen LogP) is 3.56. The van der Waals surface area contributed by atoms with Crippen LogP contribution in [0.2, 0.25) is 0 Å². The fourth-order valence-corrected chi connectivity index (χ4v) is 2.51. The molecule has 0 aliphatic heterocycles. The van der Waals surface area contributed by atoms with Gasteiger partial charge in [-0.2, -0.15) is 0 Å². The molecule has 152 valence electrons. The van der Waals surface area contributed by atoms with Crippen LogP contribution >= 0.6 is 12.4 Å². The first kappa shape index (κ1) is 23.5. The molecule has 0 unspecified atom stereocenters. The average Bonchev–Trinajstić information content (AvgIpc) is 2.63. The highest BCUT2D eigenvalue weighted by molar-refractivity contribution is 5.96. The van der Waals surface area contributed by atoms with Crippen molar-refractivity contribution < 1.29 is 14.3 Å². The summed E-state index contributed by atoms with van der Waals surface area (Å²) >= 11 is 0. The summed E-state index contributed by atoms with van der Waals surface area (Å²) in [7, 11) is 0. The molecule has 28 heavy (non-hydrogen) atoms. The second kappa shape index (κ2) is 10.7. The van der Waals surface area contributed by atoms with Gasteiger partial charge in [-0.25, -0.2) is 0 Å². The summed E-state index contributed by atoms with van der Waals surface area (Å²) in [6, 6.07) is 12.4. The topological polar surface area (TPSA) is 93.5 Å². The molecule has 0 aliphatic rings. The Morgan fingerprint density at radius 2 is 1.64 bits per heavy atom. The van der Waals surface area contributed by atoms with Crippen LogP contribution in [0.15, 0.2) is 42.5 Å². The van der Waals surface area contributed by atoms with E-state index < -0.39 is 6.04 Å². The van der Waals surface area contributed by atoms with Crippen LogP contribution in [0.5, 0.6) is 11.5 Å². The maximum absolute atomic E-state index is 12.2. The number of anilines is 1. The summed E-state index contributed by atoms with van der Waals surface area (Å²) in [6.07, 6.45) is 0. The number of halogens is 1. The lowest BCUT2D eigenvalue weighted by atomic mass is 10.1. The van der Waals surface area contributed by atoms with Gasteiger partial charge < -0.3 is 21.1 Å². The van der Waals surface area contributed by atoms with Crippen molar-refractivity contribution in [1.82, 2.24) is 5.32 Å². The van der Waals surface area contributed by atoms with E-state index in [2.05, 4.69) is 10.6 Å². The molecule has 2 aromatic carbocycles.